The zero-order chi connectivity index (χ0) is 22.9. The minimum absolute atomic E-state index is 0.0381. The molecule has 6 nitrogen and oxygen atoms in total. The van der Waals surface area contributed by atoms with Crippen LogP contribution < -0.4 is 9.64 Å². The molecule has 0 bridgehead atoms. The standard InChI is InChI=1S/C25H33NO5Si/c1-17-21(31-23(14-15-27)25(17)32(2,3)29)13-10-18-8-11-19(12-9-18)26-20-6-4-5-7-22(20)30-16-24(26)28/h4-9,11-12,17,21,23,25,27,29H,10,13-16H2,1-3H3/t17-,21+,23-,25+/m1/s1. The van der Waals surface area contributed by atoms with Gasteiger partial charge in [-0.2, -0.15) is 0 Å². The highest BCUT2D eigenvalue weighted by Crippen LogP contribution is 2.45. The molecule has 2 aromatic carbocycles. The van der Waals surface area contributed by atoms with Crippen molar-refractivity contribution in [2.75, 3.05) is 18.1 Å². The first-order valence-electron chi connectivity index (χ1n) is 11.4. The van der Waals surface area contributed by atoms with Crippen LogP contribution in [0.4, 0.5) is 11.4 Å². The maximum atomic E-state index is 12.5. The van der Waals surface area contributed by atoms with Crippen LogP contribution >= 0.6 is 0 Å². The number of nitrogens with zero attached hydrogens (tertiary/aromatic N) is 1. The van der Waals surface area contributed by atoms with E-state index in [1.54, 1.807) is 4.90 Å². The Morgan fingerprint density at radius 2 is 1.78 bits per heavy atom. The second kappa shape index (κ2) is 9.35. The van der Waals surface area contributed by atoms with Crippen molar-refractivity contribution in [3.63, 3.8) is 0 Å². The first-order chi connectivity index (χ1) is 15.3. The van der Waals surface area contributed by atoms with E-state index in [-0.39, 0.29) is 42.8 Å². The number of para-hydroxylation sites is 2. The molecule has 0 aliphatic carbocycles. The van der Waals surface area contributed by atoms with Crippen LogP contribution in [0.15, 0.2) is 48.5 Å². The molecule has 4 atom stereocenters. The van der Waals surface area contributed by atoms with E-state index in [2.05, 4.69) is 19.1 Å². The highest BCUT2D eigenvalue weighted by molar-refractivity contribution is 6.71. The van der Waals surface area contributed by atoms with Crippen LogP contribution in [0.2, 0.25) is 18.6 Å². The molecule has 2 N–H and O–H groups in total. The smallest absolute Gasteiger partial charge is 0.269 e. The molecule has 0 radical (unpaired) electrons. The van der Waals surface area contributed by atoms with Gasteiger partial charge in [0.15, 0.2) is 14.9 Å². The number of carbonyl (C=O) groups excluding carboxylic acids is 1. The van der Waals surface area contributed by atoms with Crippen molar-refractivity contribution < 1.29 is 24.2 Å². The third-order valence-corrected chi connectivity index (χ3v) is 9.28. The van der Waals surface area contributed by atoms with Crippen LogP contribution in [0, 0.1) is 5.92 Å². The lowest BCUT2D eigenvalue weighted by molar-refractivity contribution is -0.120. The number of aliphatic hydroxyl groups excluding tert-OH is 1. The SMILES string of the molecule is C[C@H]1[C@H]([Si](C)(C)O)[C@@H](CCO)O[C@H]1CCc1ccc(N2C(=O)COc3ccccc32)cc1. The van der Waals surface area contributed by atoms with Crippen LogP contribution in [-0.2, 0) is 16.0 Å². The van der Waals surface area contributed by atoms with Crippen molar-refractivity contribution in [2.24, 2.45) is 5.92 Å². The van der Waals surface area contributed by atoms with E-state index in [1.807, 2.05) is 49.5 Å². The summed E-state index contributed by atoms with van der Waals surface area (Å²) < 4.78 is 11.8. The number of carbonyl (C=O) groups is 1. The Morgan fingerprint density at radius 3 is 2.47 bits per heavy atom. The molecule has 1 saturated heterocycles. The molecular weight excluding hydrogens is 422 g/mol. The average molecular weight is 456 g/mol. The molecule has 1 fully saturated rings. The summed E-state index contributed by atoms with van der Waals surface area (Å²) in [5.74, 6) is 0.896. The van der Waals surface area contributed by atoms with Crippen LogP contribution in [0.3, 0.4) is 0 Å². The normalized spacial score (nSPS) is 25.5. The summed E-state index contributed by atoms with van der Waals surface area (Å²) in [6.45, 7) is 6.22. The fraction of sp³-hybridized carbons (Fsp3) is 0.480. The Kier molecular flexibility index (Phi) is 6.72. The number of hydrogen-bond acceptors (Lipinski definition) is 5. The highest BCUT2D eigenvalue weighted by atomic mass is 28.4. The Labute approximate surface area is 190 Å². The Bertz CT molecular complexity index is 942. The molecule has 0 spiro atoms. The Morgan fingerprint density at radius 1 is 1.06 bits per heavy atom. The molecular formula is C25H33NO5Si. The van der Waals surface area contributed by atoms with Gasteiger partial charge in [-0.15, -0.1) is 0 Å². The van der Waals surface area contributed by atoms with Crippen LogP contribution in [0.25, 0.3) is 0 Å². The van der Waals surface area contributed by atoms with E-state index in [0.717, 1.165) is 24.2 Å². The molecule has 172 valence electrons. The van der Waals surface area contributed by atoms with Gasteiger partial charge in [-0.1, -0.05) is 31.2 Å². The summed E-state index contributed by atoms with van der Waals surface area (Å²) in [6, 6.07) is 15.7. The fourth-order valence-corrected chi connectivity index (χ4v) is 7.97. The van der Waals surface area contributed by atoms with E-state index in [1.165, 1.54) is 5.56 Å². The van der Waals surface area contributed by atoms with Crippen molar-refractivity contribution in [2.45, 2.75) is 57.0 Å². The predicted octanol–water partition coefficient (Wildman–Crippen LogP) is 4.03. The van der Waals surface area contributed by atoms with E-state index in [4.69, 9.17) is 9.47 Å². The minimum atomic E-state index is -2.38. The summed E-state index contributed by atoms with van der Waals surface area (Å²) in [7, 11) is -2.38. The quantitative estimate of drug-likeness (QED) is 0.616. The van der Waals surface area contributed by atoms with Crippen LogP contribution in [0.1, 0.15) is 25.3 Å². The second-order valence-electron chi connectivity index (χ2n) is 9.45. The summed E-state index contributed by atoms with van der Waals surface area (Å²) in [6.07, 6.45) is 2.30. The van der Waals surface area contributed by atoms with Gasteiger partial charge in [0, 0.05) is 17.8 Å². The van der Waals surface area contributed by atoms with Crippen molar-refractivity contribution in [1.82, 2.24) is 0 Å². The number of hydrogen-bond donors (Lipinski definition) is 2. The molecule has 0 aromatic heterocycles. The van der Waals surface area contributed by atoms with Crippen molar-refractivity contribution in [3.8, 4) is 5.75 Å². The van der Waals surface area contributed by atoms with E-state index in [0.29, 0.717) is 12.2 Å². The summed E-state index contributed by atoms with van der Waals surface area (Å²) in [4.78, 5) is 25.0. The number of fused-ring (bicyclic) bond motifs is 1. The van der Waals surface area contributed by atoms with E-state index < -0.39 is 8.32 Å². The number of rotatable bonds is 7. The zero-order valence-corrected chi connectivity index (χ0v) is 20.0. The molecule has 0 unspecified atom stereocenters. The molecule has 0 saturated carbocycles. The summed E-state index contributed by atoms with van der Waals surface area (Å²) >= 11 is 0. The average Bonchev–Trinajstić information content (AvgIpc) is 3.08. The van der Waals surface area contributed by atoms with E-state index in [9.17, 15) is 14.7 Å². The van der Waals surface area contributed by atoms with Gasteiger partial charge in [-0.25, -0.2) is 0 Å². The first kappa shape index (κ1) is 23.0. The lowest BCUT2D eigenvalue weighted by Gasteiger charge is -2.30. The fourth-order valence-electron chi connectivity index (χ4n) is 5.31. The number of aryl methyl sites for hydroxylation is 1. The number of anilines is 2. The zero-order valence-electron chi connectivity index (χ0n) is 19.0. The highest BCUT2D eigenvalue weighted by Gasteiger charge is 2.49. The lowest BCUT2D eigenvalue weighted by Crippen LogP contribution is -2.40. The predicted molar refractivity (Wildman–Crippen MR) is 127 cm³/mol. The molecule has 2 aliphatic heterocycles. The van der Waals surface area contributed by atoms with Crippen molar-refractivity contribution in [1.29, 1.82) is 0 Å². The molecule has 32 heavy (non-hydrogen) atoms. The largest absolute Gasteiger partial charge is 0.482 e. The third-order valence-electron chi connectivity index (χ3n) is 6.75. The van der Waals surface area contributed by atoms with Gasteiger partial charge in [0.2, 0.25) is 0 Å². The molecule has 2 heterocycles. The first-order valence-corrected chi connectivity index (χ1v) is 14.4. The second-order valence-corrected chi connectivity index (χ2v) is 13.4. The summed E-state index contributed by atoms with van der Waals surface area (Å²) in [5.41, 5.74) is 2.91. The Balaban J connectivity index is 1.43. The van der Waals surface area contributed by atoms with Gasteiger partial charge >= 0.3 is 0 Å². The van der Waals surface area contributed by atoms with Gasteiger partial charge < -0.3 is 19.4 Å². The topological polar surface area (TPSA) is 79.2 Å². The lowest BCUT2D eigenvalue weighted by atomic mass is 9.95. The van der Waals surface area contributed by atoms with Gasteiger partial charge in [0.05, 0.1) is 17.9 Å². The third kappa shape index (κ3) is 4.61. The maximum absolute atomic E-state index is 12.5. The van der Waals surface area contributed by atoms with E-state index >= 15 is 0 Å². The van der Waals surface area contributed by atoms with Crippen molar-refractivity contribution >= 4 is 25.6 Å². The molecule has 1 amide bonds. The van der Waals surface area contributed by atoms with Gasteiger partial charge in [-0.05, 0) is 68.1 Å². The van der Waals surface area contributed by atoms with Crippen molar-refractivity contribution in [3.05, 3.63) is 54.1 Å². The van der Waals surface area contributed by atoms with Gasteiger partial charge in [0.1, 0.15) is 5.75 Å². The minimum Gasteiger partial charge on any atom is -0.482 e. The number of benzene rings is 2. The van der Waals surface area contributed by atoms with Crippen LogP contribution in [-0.4, -0.2) is 49.5 Å². The van der Waals surface area contributed by atoms with Crippen LogP contribution in [0.5, 0.6) is 5.75 Å². The molecule has 7 heteroatoms. The molecule has 4 rings (SSSR count). The Hall–Kier alpha value is -2.19. The molecule has 2 aliphatic rings. The number of amides is 1. The summed E-state index contributed by atoms with van der Waals surface area (Å²) in [5, 5.41) is 9.42. The molecule has 2 aromatic rings. The van der Waals surface area contributed by atoms with Gasteiger partial charge in [-0.3, -0.25) is 9.69 Å². The number of aliphatic hydroxyl groups is 1. The maximum Gasteiger partial charge on any atom is 0.269 e. The number of ether oxygens (including phenoxy) is 2. The monoisotopic (exact) mass is 455 g/mol. The van der Waals surface area contributed by atoms with Gasteiger partial charge in [0.25, 0.3) is 5.91 Å².